The first kappa shape index (κ1) is 16.9. The van der Waals surface area contributed by atoms with Gasteiger partial charge in [0.1, 0.15) is 5.82 Å². The zero-order valence-electron chi connectivity index (χ0n) is 11.3. The second-order valence-corrected chi connectivity index (χ2v) is 6.32. The van der Waals surface area contributed by atoms with Crippen molar-refractivity contribution in [3.63, 3.8) is 0 Å². The molecule has 22 heavy (non-hydrogen) atoms. The Bertz CT molecular complexity index is 682. The number of halogens is 4. The molecule has 1 aliphatic heterocycles. The van der Waals surface area contributed by atoms with E-state index in [9.17, 15) is 18.4 Å². The highest BCUT2D eigenvalue weighted by Gasteiger charge is 2.39. The van der Waals surface area contributed by atoms with Crippen LogP contribution in [0, 0.1) is 11.6 Å². The molecular formula is C13H9Br2F2NO4. The first-order valence-corrected chi connectivity index (χ1v) is 7.47. The molecule has 118 valence electrons. The lowest BCUT2D eigenvalue weighted by Gasteiger charge is -2.29. The van der Waals surface area contributed by atoms with E-state index in [0.29, 0.717) is 0 Å². The van der Waals surface area contributed by atoms with Crippen LogP contribution in [0.5, 0.6) is 0 Å². The van der Waals surface area contributed by atoms with E-state index in [0.717, 1.165) is 12.3 Å². The highest BCUT2D eigenvalue weighted by atomic mass is 79.9. The Morgan fingerprint density at radius 2 is 1.68 bits per heavy atom. The van der Waals surface area contributed by atoms with E-state index >= 15 is 0 Å². The summed E-state index contributed by atoms with van der Waals surface area (Å²) >= 11 is 5.69. The number of hydrogen-bond acceptors (Lipinski definition) is 5. The SMILES string of the molecule is CC1(C)OC(=O)C(=CNc2cc(F)c(Br)c(F)c2Br)C(=O)O1. The summed E-state index contributed by atoms with van der Waals surface area (Å²) in [6.45, 7) is 2.81. The summed E-state index contributed by atoms with van der Waals surface area (Å²) in [5.74, 6) is -4.87. The Labute approximate surface area is 140 Å². The summed E-state index contributed by atoms with van der Waals surface area (Å²) in [4.78, 5) is 23.4. The van der Waals surface area contributed by atoms with Crippen molar-refractivity contribution >= 4 is 49.5 Å². The van der Waals surface area contributed by atoms with Gasteiger partial charge < -0.3 is 14.8 Å². The number of carbonyl (C=O) groups is 2. The van der Waals surface area contributed by atoms with E-state index in [4.69, 9.17) is 9.47 Å². The maximum Gasteiger partial charge on any atom is 0.350 e. The minimum absolute atomic E-state index is 0.0175. The van der Waals surface area contributed by atoms with Crippen LogP contribution in [0.2, 0.25) is 0 Å². The summed E-state index contributed by atoms with van der Waals surface area (Å²) in [5, 5.41) is 2.47. The van der Waals surface area contributed by atoms with Crippen molar-refractivity contribution < 1.29 is 27.8 Å². The number of benzene rings is 1. The van der Waals surface area contributed by atoms with Gasteiger partial charge in [0.2, 0.25) is 0 Å². The summed E-state index contributed by atoms with van der Waals surface area (Å²) < 4.78 is 36.5. The molecule has 1 aromatic carbocycles. The van der Waals surface area contributed by atoms with Crippen LogP contribution >= 0.6 is 31.9 Å². The molecule has 1 fully saturated rings. The summed E-state index contributed by atoms with van der Waals surface area (Å²) in [5.41, 5.74) is -0.439. The summed E-state index contributed by atoms with van der Waals surface area (Å²) in [6.07, 6.45) is 0.965. The van der Waals surface area contributed by atoms with E-state index in [1.54, 1.807) is 0 Å². The summed E-state index contributed by atoms with van der Waals surface area (Å²) in [7, 11) is 0. The van der Waals surface area contributed by atoms with Gasteiger partial charge in [0.05, 0.1) is 14.6 Å². The highest BCUT2D eigenvalue weighted by molar-refractivity contribution is 9.11. The van der Waals surface area contributed by atoms with Gasteiger partial charge >= 0.3 is 11.9 Å². The third-order valence-electron chi connectivity index (χ3n) is 2.59. The predicted molar refractivity (Wildman–Crippen MR) is 79.7 cm³/mol. The molecule has 0 amide bonds. The maximum atomic E-state index is 13.7. The lowest BCUT2D eigenvalue weighted by Crippen LogP contribution is -2.42. The normalized spacial score (nSPS) is 16.9. The largest absolute Gasteiger partial charge is 0.419 e. The van der Waals surface area contributed by atoms with Crippen LogP contribution in [-0.2, 0) is 19.1 Å². The molecule has 0 radical (unpaired) electrons. The first-order valence-electron chi connectivity index (χ1n) is 5.89. The molecule has 0 bridgehead atoms. The number of hydrogen-bond donors (Lipinski definition) is 1. The van der Waals surface area contributed by atoms with Gasteiger partial charge in [0.25, 0.3) is 5.79 Å². The van der Waals surface area contributed by atoms with Gasteiger partial charge in [-0.25, -0.2) is 18.4 Å². The Balaban J connectivity index is 2.30. The standard InChI is InChI=1S/C13H9Br2F2NO4/c1-13(2)21-11(19)5(12(20)22-13)4-18-7-3-6(16)8(14)10(17)9(7)15/h3-4,18H,1-2H3. The molecule has 0 aliphatic carbocycles. The Hall–Kier alpha value is -1.48. The minimum atomic E-state index is -1.36. The molecule has 1 heterocycles. The molecule has 1 N–H and O–H groups in total. The van der Waals surface area contributed by atoms with E-state index in [1.165, 1.54) is 13.8 Å². The molecule has 0 spiro atoms. The lowest BCUT2D eigenvalue weighted by atomic mass is 10.2. The fourth-order valence-corrected chi connectivity index (χ4v) is 2.61. The van der Waals surface area contributed by atoms with E-state index < -0.39 is 34.9 Å². The van der Waals surface area contributed by atoms with Gasteiger partial charge in [-0.3, -0.25) is 0 Å². The van der Waals surface area contributed by atoms with Crippen LogP contribution < -0.4 is 5.32 Å². The van der Waals surface area contributed by atoms with E-state index in [1.807, 2.05) is 0 Å². The minimum Gasteiger partial charge on any atom is -0.419 e. The number of carbonyl (C=O) groups excluding carboxylic acids is 2. The number of ether oxygens (including phenoxy) is 2. The fourth-order valence-electron chi connectivity index (χ4n) is 1.61. The van der Waals surface area contributed by atoms with Gasteiger partial charge in [-0.05, 0) is 37.9 Å². The number of cyclic esters (lactones) is 2. The zero-order valence-corrected chi connectivity index (χ0v) is 14.5. The van der Waals surface area contributed by atoms with Crippen molar-refractivity contribution in [3.05, 3.63) is 38.4 Å². The van der Waals surface area contributed by atoms with Gasteiger partial charge in [0.15, 0.2) is 11.4 Å². The zero-order chi connectivity index (χ0) is 16.7. The maximum absolute atomic E-state index is 13.7. The molecule has 2 rings (SSSR count). The van der Waals surface area contributed by atoms with Crippen molar-refractivity contribution in [3.8, 4) is 0 Å². The molecular weight excluding hydrogens is 432 g/mol. The van der Waals surface area contributed by atoms with Gasteiger partial charge in [-0.1, -0.05) is 0 Å². The average Bonchev–Trinajstić information content (AvgIpc) is 2.39. The third kappa shape index (κ3) is 3.30. The summed E-state index contributed by atoms with van der Waals surface area (Å²) in [6, 6.07) is 0.984. The smallest absolute Gasteiger partial charge is 0.350 e. The Kier molecular flexibility index (Phi) is 4.57. The van der Waals surface area contributed by atoms with E-state index in [2.05, 4.69) is 37.2 Å². The van der Waals surface area contributed by atoms with Crippen molar-refractivity contribution in [1.82, 2.24) is 0 Å². The van der Waals surface area contributed by atoms with Gasteiger partial charge in [-0.2, -0.15) is 0 Å². The van der Waals surface area contributed by atoms with Crippen molar-refractivity contribution in [2.75, 3.05) is 5.32 Å². The molecule has 9 heteroatoms. The van der Waals surface area contributed by atoms with Crippen molar-refractivity contribution in [2.45, 2.75) is 19.6 Å². The topological polar surface area (TPSA) is 64.6 Å². The van der Waals surface area contributed by atoms with Crippen molar-refractivity contribution in [1.29, 1.82) is 0 Å². The second kappa shape index (κ2) is 5.96. The van der Waals surface area contributed by atoms with Crippen molar-refractivity contribution in [2.24, 2.45) is 0 Å². The molecule has 1 saturated heterocycles. The number of nitrogens with one attached hydrogen (secondary N) is 1. The van der Waals surface area contributed by atoms with Crippen LogP contribution in [0.1, 0.15) is 13.8 Å². The first-order chi connectivity index (χ1) is 10.1. The monoisotopic (exact) mass is 439 g/mol. The lowest BCUT2D eigenvalue weighted by molar-refractivity contribution is -0.222. The molecule has 0 saturated carbocycles. The van der Waals surface area contributed by atoms with E-state index in [-0.39, 0.29) is 14.6 Å². The molecule has 0 unspecified atom stereocenters. The van der Waals surface area contributed by atoms with Crippen LogP contribution in [0.15, 0.2) is 26.8 Å². The van der Waals surface area contributed by atoms with Crippen LogP contribution in [0.3, 0.4) is 0 Å². The van der Waals surface area contributed by atoms with Gasteiger partial charge in [0, 0.05) is 20.0 Å². The highest BCUT2D eigenvalue weighted by Crippen LogP contribution is 2.33. The Morgan fingerprint density at radius 3 is 2.23 bits per heavy atom. The third-order valence-corrected chi connectivity index (χ3v) is 4.09. The van der Waals surface area contributed by atoms with Crippen LogP contribution in [0.25, 0.3) is 0 Å². The fraction of sp³-hybridized carbons (Fsp3) is 0.231. The van der Waals surface area contributed by atoms with Crippen LogP contribution in [0.4, 0.5) is 14.5 Å². The van der Waals surface area contributed by atoms with Gasteiger partial charge in [-0.15, -0.1) is 0 Å². The molecule has 5 nitrogen and oxygen atoms in total. The second-order valence-electron chi connectivity index (χ2n) is 4.73. The molecule has 1 aromatic rings. The quantitative estimate of drug-likeness (QED) is 0.250. The predicted octanol–water partition coefficient (Wildman–Crippen LogP) is 3.62. The number of anilines is 1. The number of rotatable bonds is 2. The van der Waals surface area contributed by atoms with Crippen LogP contribution in [-0.4, -0.2) is 17.7 Å². The molecule has 0 aromatic heterocycles. The Morgan fingerprint density at radius 1 is 1.14 bits per heavy atom. The molecule has 0 atom stereocenters. The number of esters is 2. The average molecular weight is 441 g/mol. The molecule has 1 aliphatic rings.